The van der Waals surface area contributed by atoms with Gasteiger partial charge in [0.25, 0.3) is 12.3 Å². The molecule has 0 bridgehead atoms. The van der Waals surface area contributed by atoms with Crippen LogP contribution in [0.2, 0.25) is 0 Å². The lowest BCUT2D eigenvalue weighted by molar-refractivity contribution is -0.117. The lowest BCUT2D eigenvalue weighted by Crippen LogP contribution is -2.25. The summed E-state index contributed by atoms with van der Waals surface area (Å²) in [7, 11) is 0. The van der Waals surface area contributed by atoms with Crippen LogP contribution in [0, 0.1) is 5.92 Å². The summed E-state index contributed by atoms with van der Waals surface area (Å²) in [4.78, 5) is 36.4. The first-order valence-electron chi connectivity index (χ1n) is 9.65. The van der Waals surface area contributed by atoms with Crippen LogP contribution < -0.4 is 15.4 Å². The van der Waals surface area contributed by atoms with E-state index in [1.54, 1.807) is 6.07 Å². The van der Waals surface area contributed by atoms with Gasteiger partial charge in [-0.3, -0.25) is 14.9 Å². The van der Waals surface area contributed by atoms with Crippen LogP contribution in [0.3, 0.4) is 0 Å². The number of pyridine rings is 1. The van der Waals surface area contributed by atoms with E-state index in [1.807, 2.05) is 13.8 Å². The van der Waals surface area contributed by atoms with Crippen molar-refractivity contribution >= 4 is 17.8 Å². The van der Waals surface area contributed by atoms with Crippen molar-refractivity contribution in [3.63, 3.8) is 0 Å². The van der Waals surface area contributed by atoms with Gasteiger partial charge in [0, 0.05) is 30.4 Å². The number of nitrogens with zero attached hydrogens (tertiary/aromatic N) is 3. The second-order valence-electron chi connectivity index (χ2n) is 7.31. The molecular formula is C20H23F2N5O3. The van der Waals surface area contributed by atoms with Gasteiger partial charge >= 0.3 is 0 Å². The molecule has 1 fully saturated rings. The van der Waals surface area contributed by atoms with Crippen molar-refractivity contribution in [1.29, 1.82) is 0 Å². The van der Waals surface area contributed by atoms with Crippen LogP contribution in [-0.4, -0.2) is 39.8 Å². The average molecular weight is 419 g/mol. The SMILES string of the molecule is CC(C)c1cc(CNC(=O)c2ccnc(NC(=O)C3CC3)n2)cnc1OCC(F)F. The highest BCUT2D eigenvalue weighted by atomic mass is 19.3. The van der Waals surface area contributed by atoms with Gasteiger partial charge in [0.15, 0.2) is 6.61 Å². The molecule has 2 heterocycles. The third kappa shape index (κ3) is 5.91. The molecule has 0 radical (unpaired) electrons. The van der Waals surface area contributed by atoms with Crippen LogP contribution in [0.1, 0.15) is 54.2 Å². The van der Waals surface area contributed by atoms with Crippen molar-refractivity contribution in [2.75, 3.05) is 11.9 Å². The van der Waals surface area contributed by atoms with E-state index in [1.165, 1.54) is 18.5 Å². The van der Waals surface area contributed by atoms with E-state index < -0.39 is 18.9 Å². The largest absolute Gasteiger partial charge is 0.471 e. The Morgan fingerprint density at radius 2 is 2.03 bits per heavy atom. The Bertz CT molecular complexity index is 919. The number of anilines is 1. The molecule has 2 aromatic heterocycles. The first-order valence-corrected chi connectivity index (χ1v) is 9.65. The van der Waals surface area contributed by atoms with Crippen LogP contribution in [0.25, 0.3) is 0 Å². The summed E-state index contributed by atoms with van der Waals surface area (Å²) in [6, 6.07) is 3.21. The molecule has 10 heteroatoms. The third-order valence-electron chi connectivity index (χ3n) is 4.43. The number of rotatable bonds is 9. The second-order valence-corrected chi connectivity index (χ2v) is 7.31. The van der Waals surface area contributed by atoms with Gasteiger partial charge in [-0.1, -0.05) is 13.8 Å². The molecule has 1 saturated carbocycles. The maximum atomic E-state index is 12.4. The van der Waals surface area contributed by atoms with E-state index in [9.17, 15) is 18.4 Å². The highest BCUT2D eigenvalue weighted by molar-refractivity contribution is 5.94. The lowest BCUT2D eigenvalue weighted by Gasteiger charge is -2.14. The summed E-state index contributed by atoms with van der Waals surface area (Å²) in [5.74, 6) is -0.338. The lowest BCUT2D eigenvalue weighted by atomic mass is 10.0. The number of amides is 2. The van der Waals surface area contributed by atoms with Crippen molar-refractivity contribution in [3.05, 3.63) is 41.3 Å². The molecule has 3 rings (SSSR count). The normalized spacial score (nSPS) is 13.4. The number of aromatic nitrogens is 3. The Labute approximate surface area is 172 Å². The Morgan fingerprint density at radius 3 is 2.70 bits per heavy atom. The highest BCUT2D eigenvalue weighted by Gasteiger charge is 2.30. The topological polar surface area (TPSA) is 106 Å². The third-order valence-corrected chi connectivity index (χ3v) is 4.43. The molecule has 0 aromatic carbocycles. The first kappa shape index (κ1) is 21.5. The van der Waals surface area contributed by atoms with Crippen molar-refractivity contribution in [2.45, 2.75) is 45.6 Å². The molecule has 0 unspecified atom stereocenters. The minimum absolute atomic E-state index is 0.000301. The average Bonchev–Trinajstić information content (AvgIpc) is 3.56. The number of carbonyl (C=O) groups is 2. The molecule has 0 aliphatic heterocycles. The van der Waals surface area contributed by atoms with Crippen LogP contribution in [0.4, 0.5) is 14.7 Å². The number of hydrogen-bond donors (Lipinski definition) is 2. The Morgan fingerprint density at radius 1 is 1.27 bits per heavy atom. The first-order chi connectivity index (χ1) is 14.3. The van der Waals surface area contributed by atoms with Gasteiger partial charge in [0.05, 0.1) is 0 Å². The summed E-state index contributed by atoms with van der Waals surface area (Å²) >= 11 is 0. The molecule has 2 aromatic rings. The summed E-state index contributed by atoms with van der Waals surface area (Å²) in [5, 5.41) is 5.32. The van der Waals surface area contributed by atoms with Crippen molar-refractivity contribution in [2.24, 2.45) is 5.92 Å². The second kappa shape index (κ2) is 9.55. The maximum absolute atomic E-state index is 12.4. The Hall–Kier alpha value is -3.17. The number of hydrogen-bond acceptors (Lipinski definition) is 6. The molecule has 30 heavy (non-hydrogen) atoms. The monoisotopic (exact) mass is 419 g/mol. The molecule has 1 aliphatic rings. The van der Waals surface area contributed by atoms with Gasteiger partial charge in [-0.15, -0.1) is 0 Å². The molecule has 160 valence electrons. The van der Waals surface area contributed by atoms with Gasteiger partial charge in [-0.05, 0) is 36.5 Å². The van der Waals surface area contributed by atoms with Crippen molar-refractivity contribution in [1.82, 2.24) is 20.3 Å². The van der Waals surface area contributed by atoms with E-state index in [0.717, 1.165) is 12.8 Å². The van der Waals surface area contributed by atoms with Gasteiger partial charge < -0.3 is 10.1 Å². The Kier molecular flexibility index (Phi) is 6.86. The fourth-order valence-corrected chi connectivity index (χ4v) is 2.66. The number of carbonyl (C=O) groups excluding carboxylic acids is 2. The quantitative estimate of drug-likeness (QED) is 0.647. The summed E-state index contributed by atoms with van der Waals surface area (Å²) in [5.41, 5.74) is 1.48. The fraction of sp³-hybridized carbons (Fsp3) is 0.450. The van der Waals surface area contributed by atoms with E-state index in [2.05, 4.69) is 25.6 Å². The van der Waals surface area contributed by atoms with Gasteiger partial charge in [-0.2, -0.15) is 0 Å². The summed E-state index contributed by atoms with van der Waals surface area (Å²) in [6.07, 6.45) is 1.98. The molecule has 0 atom stereocenters. The minimum Gasteiger partial charge on any atom is -0.471 e. The minimum atomic E-state index is -2.59. The fourth-order valence-electron chi connectivity index (χ4n) is 2.66. The van der Waals surface area contributed by atoms with Gasteiger partial charge in [0.2, 0.25) is 17.7 Å². The van der Waals surface area contributed by atoms with Crippen LogP contribution in [0.5, 0.6) is 5.88 Å². The predicted octanol–water partition coefficient (Wildman–Crippen LogP) is 2.92. The van der Waals surface area contributed by atoms with E-state index in [-0.39, 0.29) is 41.8 Å². The zero-order valence-electron chi connectivity index (χ0n) is 16.7. The summed E-state index contributed by atoms with van der Waals surface area (Å²) in [6.45, 7) is 3.23. The smallest absolute Gasteiger partial charge is 0.272 e. The van der Waals surface area contributed by atoms with Crippen molar-refractivity contribution < 1.29 is 23.1 Å². The molecule has 1 aliphatic carbocycles. The van der Waals surface area contributed by atoms with Crippen molar-refractivity contribution in [3.8, 4) is 5.88 Å². The van der Waals surface area contributed by atoms with Crippen LogP contribution >= 0.6 is 0 Å². The molecule has 0 saturated heterocycles. The molecule has 0 spiro atoms. The van der Waals surface area contributed by atoms with Gasteiger partial charge in [-0.25, -0.2) is 23.7 Å². The number of ether oxygens (including phenoxy) is 1. The number of halogens is 2. The molecule has 2 N–H and O–H groups in total. The van der Waals surface area contributed by atoms with Gasteiger partial charge in [0.1, 0.15) is 5.69 Å². The van der Waals surface area contributed by atoms with E-state index >= 15 is 0 Å². The van der Waals surface area contributed by atoms with E-state index in [0.29, 0.717) is 11.1 Å². The Balaban J connectivity index is 1.62. The van der Waals surface area contributed by atoms with E-state index in [4.69, 9.17) is 4.74 Å². The zero-order valence-corrected chi connectivity index (χ0v) is 16.7. The molecule has 8 nitrogen and oxygen atoms in total. The highest BCUT2D eigenvalue weighted by Crippen LogP contribution is 2.29. The standard InChI is InChI=1S/C20H23F2N5O3/c1-11(2)14-7-12(9-25-19(14)30-10-16(21)22)8-24-18(29)15-5-6-23-20(26-15)27-17(28)13-3-4-13/h5-7,9,11,13,16H,3-4,8,10H2,1-2H3,(H,24,29)(H,23,26,27,28). The molecule has 2 amide bonds. The maximum Gasteiger partial charge on any atom is 0.272 e. The van der Waals surface area contributed by atoms with Crippen LogP contribution in [0.15, 0.2) is 24.5 Å². The number of nitrogens with one attached hydrogen (secondary N) is 2. The predicted molar refractivity (Wildman–Crippen MR) is 104 cm³/mol. The number of alkyl halides is 2. The summed E-state index contributed by atoms with van der Waals surface area (Å²) < 4.78 is 29.9. The molecular weight excluding hydrogens is 396 g/mol. The zero-order chi connectivity index (χ0) is 21.7. The van der Waals surface area contributed by atoms with Crippen LogP contribution in [-0.2, 0) is 11.3 Å².